The largest absolute Gasteiger partial charge is 0.294 e. The van der Waals surface area contributed by atoms with Crippen LogP contribution < -0.4 is 0 Å². The summed E-state index contributed by atoms with van der Waals surface area (Å²) < 4.78 is 0. The molecule has 0 saturated carbocycles. The molecule has 1 aromatic rings. The van der Waals surface area contributed by atoms with Gasteiger partial charge in [0, 0.05) is 23.4 Å². The summed E-state index contributed by atoms with van der Waals surface area (Å²) in [5, 5.41) is 0. The molecular weight excluding hydrogens is 174 g/mol. The fourth-order valence-corrected chi connectivity index (χ4v) is 1.33. The van der Waals surface area contributed by atoms with Crippen LogP contribution in [0.2, 0.25) is 0 Å². The van der Waals surface area contributed by atoms with E-state index in [1.165, 1.54) is 0 Å². The van der Waals surface area contributed by atoms with Crippen molar-refractivity contribution in [3.05, 3.63) is 29.6 Å². The Morgan fingerprint density at radius 1 is 1.43 bits per heavy atom. The molecule has 0 fully saturated rings. The van der Waals surface area contributed by atoms with Crippen LogP contribution in [0.15, 0.2) is 18.5 Å². The van der Waals surface area contributed by atoms with Crippen LogP contribution in [0.1, 0.15) is 43.6 Å². The molecule has 76 valence electrons. The Kier molecular flexibility index (Phi) is 3.04. The van der Waals surface area contributed by atoms with Crippen LogP contribution in [0.25, 0.3) is 0 Å². The van der Waals surface area contributed by atoms with Gasteiger partial charge >= 0.3 is 0 Å². The lowest BCUT2D eigenvalue weighted by molar-refractivity contribution is 0.0857. The van der Waals surface area contributed by atoms with Crippen molar-refractivity contribution in [2.24, 2.45) is 5.41 Å². The SMILES string of the molecule is CCc1cnccc1C(=O)C(C)(C)C. The first-order valence-electron chi connectivity index (χ1n) is 4.94. The van der Waals surface area contributed by atoms with Crippen LogP contribution in [-0.2, 0) is 6.42 Å². The van der Waals surface area contributed by atoms with Crippen LogP contribution >= 0.6 is 0 Å². The maximum absolute atomic E-state index is 12.0. The Hall–Kier alpha value is -1.18. The van der Waals surface area contributed by atoms with Gasteiger partial charge < -0.3 is 0 Å². The van der Waals surface area contributed by atoms with Crippen molar-refractivity contribution >= 4 is 5.78 Å². The summed E-state index contributed by atoms with van der Waals surface area (Å²) in [7, 11) is 0. The Bertz CT molecular complexity index is 336. The average molecular weight is 191 g/mol. The van der Waals surface area contributed by atoms with Crippen molar-refractivity contribution in [3.63, 3.8) is 0 Å². The Morgan fingerprint density at radius 2 is 2.07 bits per heavy atom. The predicted octanol–water partition coefficient (Wildman–Crippen LogP) is 2.87. The maximum atomic E-state index is 12.0. The molecule has 0 amide bonds. The second-order valence-corrected chi connectivity index (χ2v) is 4.47. The summed E-state index contributed by atoms with van der Waals surface area (Å²) in [5.41, 5.74) is 1.54. The Morgan fingerprint density at radius 3 is 2.57 bits per heavy atom. The number of nitrogens with zero attached hydrogens (tertiary/aromatic N) is 1. The smallest absolute Gasteiger partial charge is 0.168 e. The van der Waals surface area contributed by atoms with E-state index in [0.29, 0.717) is 0 Å². The third-order valence-corrected chi connectivity index (χ3v) is 2.21. The van der Waals surface area contributed by atoms with Gasteiger partial charge in [0.1, 0.15) is 0 Å². The number of aromatic nitrogens is 1. The summed E-state index contributed by atoms with van der Waals surface area (Å²) in [4.78, 5) is 16.0. The molecule has 0 aliphatic carbocycles. The molecule has 0 unspecified atom stereocenters. The van der Waals surface area contributed by atoms with Crippen LogP contribution in [0.4, 0.5) is 0 Å². The molecule has 0 spiro atoms. The highest BCUT2D eigenvalue weighted by Crippen LogP contribution is 2.22. The predicted molar refractivity (Wildman–Crippen MR) is 57.4 cm³/mol. The third kappa shape index (κ3) is 2.19. The number of Topliss-reactive ketones (excluding diaryl/α,β-unsaturated/α-hetero) is 1. The highest BCUT2D eigenvalue weighted by atomic mass is 16.1. The van der Waals surface area contributed by atoms with E-state index < -0.39 is 0 Å². The number of ketones is 1. The fourth-order valence-electron chi connectivity index (χ4n) is 1.33. The number of hydrogen-bond donors (Lipinski definition) is 0. The van der Waals surface area contributed by atoms with E-state index in [9.17, 15) is 4.79 Å². The van der Waals surface area contributed by atoms with Gasteiger partial charge in [-0.15, -0.1) is 0 Å². The maximum Gasteiger partial charge on any atom is 0.168 e. The van der Waals surface area contributed by atoms with Gasteiger partial charge in [-0.3, -0.25) is 9.78 Å². The molecule has 0 atom stereocenters. The van der Waals surface area contributed by atoms with E-state index in [4.69, 9.17) is 0 Å². The molecule has 0 saturated heterocycles. The Balaban J connectivity index is 3.13. The minimum atomic E-state index is -0.314. The monoisotopic (exact) mass is 191 g/mol. The second-order valence-electron chi connectivity index (χ2n) is 4.47. The minimum Gasteiger partial charge on any atom is -0.294 e. The number of aryl methyl sites for hydroxylation is 1. The van der Waals surface area contributed by atoms with Crippen molar-refractivity contribution in [1.82, 2.24) is 4.98 Å². The number of carbonyl (C=O) groups is 1. The molecule has 0 aromatic carbocycles. The molecule has 0 aliphatic heterocycles. The molecule has 2 nitrogen and oxygen atoms in total. The molecule has 1 rings (SSSR count). The quantitative estimate of drug-likeness (QED) is 0.673. The van der Waals surface area contributed by atoms with Gasteiger partial charge in [0.25, 0.3) is 0 Å². The zero-order valence-electron chi connectivity index (χ0n) is 9.29. The molecule has 0 aliphatic rings. The lowest BCUT2D eigenvalue weighted by Gasteiger charge is -2.18. The summed E-state index contributed by atoms with van der Waals surface area (Å²) in [6.07, 6.45) is 4.31. The zero-order chi connectivity index (χ0) is 10.8. The number of carbonyl (C=O) groups excluding carboxylic acids is 1. The summed E-state index contributed by atoms with van der Waals surface area (Å²) in [5.74, 6) is 0.191. The molecule has 14 heavy (non-hydrogen) atoms. The van der Waals surface area contributed by atoms with E-state index in [2.05, 4.69) is 4.98 Å². The minimum absolute atomic E-state index is 0.191. The van der Waals surface area contributed by atoms with Gasteiger partial charge in [-0.2, -0.15) is 0 Å². The van der Waals surface area contributed by atoms with Gasteiger partial charge in [-0.25, -0.2) is 0 Å². The molecule has 1 heterocycles. The topological polar surface area (TPSA) is 30.0 Å². The fraction of sp³-hybridized carbons (Fsp3) is 0.500. The van der Waals surface area contributed by atoms with Gasteiger partial charge in [0.2, 0.25) is 0 Å². The van der Waals surface area contributed by atoms with Crippen LogP contribution in [-0.4, -0.2) is 10.8 Å². The summed E-state index contributed by atoms with van der Waals surface area (Å²) in [6.45, 7) is 7.86. The molecular formula is C12H17NO. The second kappa shape index (κ2) is 3.91. The first-order chi connectivity index (χ1) is 6.46. The lowest BCUT2D eigenvalue weighted by atomic mass is 9.85. The van der Waals surface area contributed by atoms with Crippen LogP contribution in [0, 0.1) is 5.41 Å². The van der Waals surface area contributed by atoms with E-state index in [-0.39, 0.29) is 11.2 Å². The van der Waals surface area contributed by atoms with Crippen molar-refractivity contribution < 1.29 is 4.79 Å². The molecule has 1 aromatic heterocycles. The van der Waals surface area contributed by atoms with Crippen molar-refractivity contribution in [3.8, 4) is 0 Å². The number of pyridine rings is 1. The Labute approximate surface area is 85.4 Å². The molecule has 0 N–H and O–H groups in total. The highest BCUT2D eigenvalue weighted by molar-refractivity contribution is 6.00. The first-order valence-corrected chi connectivity index (χ1v) is 4.94. The van der Waals surface area contributed by atoms with Crippen molar-refractivity contribution in [2.45, 2.75) is 34.1 Å². The van der Waals surface area contributed by atoms with Gasteiger partial charge in [0.15, 0.2) is 5.78 Å². The number of rotatable bonds is 2. The van der Waals surface area contributed by atoms with Crippen LogP contribution in [0.3, 0.4) is 0 Å². The third-order valence-electron chi connectivity index (χ3n) is 2.21. The van der Waals surface area contributed by atoms with E-state index in [1.807, 2.05) is 33.8 Å². The average Bonchev–Trinajstić information content (AvgIpc) is 2.15. The highest BCUT2D eigenvalue weighted by Gasteiger charge is 2.24. The molecule has 0 bridgehead atoms. The van der Waals surface area contributed by atoms with Crippen molar-refractivity contribution in [2.75, 3.05) is 0 Å². The first kappa shape index (κ1) is 10.9. The van der Waals surface area contributed by atoms with Crippen LogP contribution in [0.5, 0.6) is 0 Å². The molecule has 0 radical (unpaired) electrons. The summed E-state index contributed by atoms with van der Waals surface area (Å²) >= 11 is 0. The number of hydrogen-bond acceptors (Lipinski definition) is 2. The molecule has 2 heteroatoms. The van der Waals surface area contributed by atoms with E-state index in [1.54, 1.807) is 12.4 Å². The van der Waals surface area contributed by atoms with E-state index >= 15 is 0 Å². The lowest BCUT2D eigenvalue weighted by Crippen LogP contribution is -2.21. The van der Waals surface area contributed by atoms with Crippen molar-refractivity contribution in [1.29, 1.82) is 0 Å². The summed E-state index contributed by atoms with van der Waals surface area (Å²) in [6, 6.07) is 1.81. The van der Waals surface area contributed by atoms with Gasteiger partial charge in [-0.1, -0.05) is 27.7 Å². The van der Waals surface area contributed by atoms with E-state index in [0.717, 1.165) is 17.5 Å². The standard InChI is InChI=1S/C12H17NO/c1-5-9-8-13-7-6-10(9)11(14)12(2,3)4/h6-8H,5H2,1-4H3. The van der Waals surface area contributed by atoms with Gasteiger partial charge in [-0.05, 0) is 18.1 Å². The zero-order valence-corrected chi connectivity index (χ0v) is 9.29. The normalized spacial score (nSPS) is 11.4. The van der Waals surface area contributed by atoms with Gasteiger partial charge in [0.05, 0.1) is 0 Å².